The molecular formula is C11H10F3NO2. The Labute approximate surface area is 95.6 Å². The molecule has 92 valence electrons. The van der Waals surface area contributed by atoms with Gasteiger partial charge in [-0.1, -0.05) is 24.3 Å². The zero-order valence-corrected chi connectivity index (χ0v) is 8.74. The van der Waals surface area contributed by atoms with Crippen LogP contribution in [0.4, 0.5) is 13.2 Å². The van der Waals surface area contributed by atoms with Crippen molar-refractivity contribution >= 4 is 12.2 Å². The van der Waals surface area contributed by atoms with Gasteiger partial charge in [0.2, 0.25) is 0 Å². The largest absolute Gasteiger partial charge is 0.490 e. The molecule has 1 aromatic carbocycles. The van der Waals surface area contributed by atoms with E-state index in [1.807, 2.05) is 6.21 Å². The van der Waals surface area contributed by atoms with Gasteiger partial charge in [0.1, 0.15) is 0 Å². The molecule has 0 bridgehead atoms. The summed E-state index contributed by atoms with van der Waals surface area (Å²) in [7, 11) is 0. The molecule has 0 amide bonds. The molecule has 0 radical (unpaired) electrons. The number of carboxylic acid groups (broad SMARTS) is 1. The molecule has 2 rings (SSSR count). The second-order valence-electron chi connectivity index (χ2n) is 3.29. The van der Waals surface area contributed by atoms with E-state index in [1.54, 1.807) is 0 Å². The van der Waals surface area contributed by atoms with Gasteiger partial charge in [-0.2, -0.15) is 13.2 Å². The van der Waals surface area contributed by atoms with E-state index in [1.165, 1.54) is 11.1 Å². The summed E-state index contributed by atoms with van der Waals surface area (Å²) in [5, 5.41) is 7.12. The second-order valence-corrected chi connectivity index (χ2v) is 3.29. The zero-order valence-electron chi connectivity index (χ0n) is 8.74. The molecule has 3 nitrogen and oxygen atoms in total. The zero-order chi connectivity index (χ0) is 12.9. The van der Waals surface area contributed by atoms with Crippen molar-refractivity contribution < 1.29 is 23.1 Å². The van der Waals surface area contributed by atoms with E-state index in [-0.39, 0.29) is 0 Å². The number of hydrogen-bond donors (Lipinski definition) is 1. The fraction of sp³-hybridized carbons (Fsp3) is 0.273. The monoisotopic (exact) mass is 245 g/mol. The fourth-order valence-electron chi connectivity index (χ4n) is 1.24. The van der Waals surface area contributed by atoms with Crippen molar-refractivity contribution in [2.75, 3.05) is 6.54 Å². The van der Waals surface area contributed by atoms with Crippen molar-refractivity contribution in [1.29, 1.82) is 0 Å². The van der Waals surface area contributed by atoms with Gasteiger partial charge in [-0.3, -0.25) is 4.99 Å². The first-order valence-corrected chi connectivity index (χ1v) is 4.79. The van der Waals surface area contributed by atoms with Crippen LogP contribution in [0.1, 0.15) is 11.1 Å². The van der Waals surface area contributed by atoms with E-state index in [0.29, 0.717) is 0 Å². The maximum Gasteiger partial charge on any atom is 0.490 e. The number of aliphatic imine (C=N–C) groups is 1. The highest BCUT2D eigenvalue weighted by atomic mass is 19.4. The molecule has 0 aromatic heterocycles. The van der Waals surface area contributed by atoms with Crippen molar-refractivity contribution in [3.8, 4) is 0 Å². The van der Waals surface area contributed by atoms with Gasteiger partial charge in [-0.25, -0.2) is 4.79 Å². The molecule has 0 unspecified atom stereocenters. The number of benzene rings is 1. The lowest BCUT2D eigenvalue weighted by Crippen LogP contribution is -2.21. The quantitative estimate of drug-likeness (QED) is 0.762. The van der Waals surface area contributed by atoms with Gasteiger partial charge in [0.25, 0.3) is 0 Å². The van der Waals surface area contributed by atoms with Gasteiger partial charge in [-0.15, -0.1) is 0 Å². The minimum Gasteiger partial charge on any atom is -0.475 e. The van der Waals surface area contributed by atoms with E-state index in [4.69, 9.17) is 9.90 Å². The van der Waals surface area contributed by atoms with Crippen LogP contribution in [-0.2, 0) is 11.2 Å². The fourth-order valence-corrected chi connectivity index (χ4v) is 1.24. The highest BCUT2D eigenvalue weighted by Crippen LogP contribution is 2.13. The van der Waals surface area contributed by atoms with Crippen molar-refractivity contribution in [2.24, 2.45) is 4.99 Å². The molecule has 0 atom stereocenters. The molecule has 0 aliphatic carbocycles. The smallest absolute Gasteiger partial charge is 0.475 e. The Morgan fingerprint density at radius 3 is 2.41 bits per heavy atom. The lowest BCUT2D eigenvalue weighted by molar-refractivity contribution is -0.192. The molecular weight excluding hydrogens is 235 g/mol. The summed E-state index contributed by atoms with van der Waals surface area (Å²) in [6.45, 7) is 0.955. The molecule has 0 fully saturated rings. The molecule has 1 N–H and O–H groups in total. The van der Waals surface area contributed by atoms with Crippen LogP contribution in [0.2, 0.25) is 0 Å². The lowest BCUT2D eigenvalue weighted by Gasteiger charge is -2.07. The average Bonchev–Trinajstić information content (AvgIpc) is 2.29. The second kappa shape index (κ2) is 5.47. The molecule has 1 aliphatic heterocycles. The Bertz CT molecular complexity index is 427. The minimum absolute atomic E-state index is 0.955. The van der Waals surface area contributed by atoms with E-state index in [0.717, 1.165) is 13.0 Å². The molecule has 1 aliphatic rings. The van der Waals surface area contributed by atoms with E-state index >= 15 is 0 Å². The first kappa shape index (κ1) is 13.2. The van der Waals surface area contributed by atoms with Crippen LogP contribution < -0.4 is 0 Å². The SMILES string of the molecule is C1=NCCc2ccccc21.O=C(O)C(F)(F)F. The van der Waals surface area contributed by atoms with Crippen molar-refractivity contribution in [3.05, 3.63) is 35.4 Å². The summed E-state index contributed by atoms with van der Waals surface area (Å²) in [6, 6.07) is 8.41. The topological polar surface area (TPSA) is 49.7 Å². The summed E-state index contributed by atoms with van der Waals surface area (Å²) < 4.78 is 31.7. The van der Waals surface area contributed by atoms with E-state index < -0.39 is 12.1 Å². The molecule has 0 saturated heterocycles. The number of carbonyl (C=O) groups is 1. The molecule has 6 heteroatoms. The Morgan fingerprint density at radius 2 is 1.88 bits per heavy atom. The highest BCUT2D eigenvalue weighted by Gasteiger charge is 2.38. The number of rotatable bonds is 0. The van der Waals surface area contributed by atoms with Gasteiger partial charge in [0.05, 0.1) is 0 Å². The Morgan fingerprint density at radius 1 is 1.29 bits per heavy atom. The highest BCUT2D eigenvalue weighted by molar-refractivity contribution is 5.82. The molecule has 0 spiro atoms. The summed E-state index contributed by atoms with van der Waals surface area (Å²) in [5.74, 6) is -2.76. The number of aliphatic carboxylic acids is 1. The molecule has 0 saturated carbocycles. The van der Waals surface area contributed by atoms with E-state index in [2.05, 4.69) is 29.3 Å². The summed E-state index contributed by atoms with van der Waals surface area (Å²) >= 11 is 0. The van der Waals surface area contributed by atoms with Gasteiger partial charge in [0, 0.05) is 12.8 Å². The van der Waals surface area contributed by atoms with Crippen molar-refractivity contribution in [3.63, 3.8) is 0 Å². The average molecular weight is 245 g/mol. The summed E-state index contributed by atoms with van der Waals surface area (Å²) in [4.78, 5) is 13.1. The van der Waals surface area contributed by atoms with Crippen molar-refractivity contribution in [1.82, 2.24) is 0 Å². The Kier molecular flexibility index (Phi) is 4.25. The number of halogens is 3. The van der Waals surface area contributed by atoms with Crippen LogP contribution in [0, 0.1) is 0 Å². The predicted octanol–water partition coefficient (Wildman–Crippen LogP) is 2.29. The van der Waals surface area contributed by atoms with Gasteiger partial charge in [-0.05, 0) is 17.5 Å². The lowest BCUT2D eigenvalue weighted by atomic mass is 10.0. The van der Waals surface area contributed by atoms with E-state index in [9.17, 15) is 13.2 Å². The number of alkyl halides is 3. The first-order valence-electron chi connectivity index (χ1n) is 4.79. The van der Waals surface area contributed by atoms with Crippen LogP contribution in [0.3, 0.4) is 0 Å². The summed E-state index contributed by atoms with van der Waals surface area (Å²) in [6.07, 6.45) is -2.02. The minimum atomic E-state index is -5.08. The van der Waals surface area contributed by atoms with Crippen LogP contribution in [0.15, 0.2) is 29.3 Å². The van der Waals surface area contributed by atoms with Crippen molar-refractivity contribution in [2.45, 2.75) is 12.6 Å². The first-order chi connectivity index (χ1) is 7.91. The normalized spacial score (nSPS) is 13.4. The molecule has 1 heterocycles. The van der Waals surface area contributed by atoms with Crippen LogP contribution in [0.25, 0.3) is 0 Å². The van der Waals surface area contributed by atoms with Gasteiger partial charge >= 0.3 is 12.1 Å². The van der Waals surface area contributed by atoms with Crippen LogP contribution in [-0.4, -0.2) is 30.0 Å². The van der Waals surface area contributed by atoms with Crippen LogP contribution in [0.5, 0.6) is 0 Å². The Hall–Kier alpha value is -1.85. The molecule has 17 heavy (non-hydrogen) atoms. The molecule has 1 aromatic rings. The Balaban J connectivity index is 0.000000185. The van der Waals surface area contributed by atoms with Gasteiger partial charge < -0.3 is 5.11 Å². The van der Waals surface area contributed by atoms with Crippen LogP contribution >= 0.6 is 0 Å². The third-order valence-electron chi connectivity index (χ3n) is 2.04. The third-order valence-corrected chi connectivity index (χ3v) is 2.04. The maximum atomic E-state index is 10.6. The summed E-state index contributed by atoms with van der Waals surface area (Å²) in [5.41, 5.74) is 2.71. The number of hydrogen-bond acceptors (Lipinski definition) is 2. The maximum absolute atomic E-state index is 10.6. The number of fused-ring (bicyclic) bond motifs is 1. The standard InChI is InChI=1S/C9H9N.C2HF3O2/c1-2-4-9-7-10-6-5-8(9)3-1;3-2(4,5)1(6)7/h1-4,7H,5-6H2;(H,6,7). The predicted molar refractivity (Wildman–Crippen MR) is 56.3 cm³/mol. The third kappa shape index (κ3) is 4.26. The number of nitrogens with zero attached hydrogens (tertiary/aromatic N) is 1. The number of carboxylic acids is 1. The van der Waals surface area contributed by atoms with Gasteiger partial charge in [0.15, 0.2) is 0 Å².